The quantitative estimate of drug-likeness (QED) is 0.793. The number of carbonyl (C=O) groups is 1. The van der Waals surface area contributed by atoms with Gasteiger partial charge in [0.2, 0.25) is 0 Å². The van der Waals surface area contributed by atoms with Crippen molar-refractivity contribution in [1.82, 2.24) is 19.6 Å². The zero-order chi connectivity index (χ0) is 20.3. The molecule has 0 spiro atoms. The van der Waals surface area contributed by atoms with Crippen LogP contribution < -0.4 is 0 Å². The highest BCUT2D eigenvalue weighted by Crippen LogP contribution is 2.25. The van der Waals surface area contributed by atoms with Crippen LogP contribution in [0.25, 0.3) is 11.3 Å². The van der Waals surface area contributed by atoms with Crippen molar-refractivity contribution < 1.29 is 9.53 Å². The van der Waals surface area contributed by atoms with Crippen LogP contribution in [0.2, 0.25) is 0 Å². The van der Waals surface area contributed by atoms with Crippen LogP contribution in [0.3, 0.4) is 0 Å². The lowest BCUT2D eigenvalue weighted by Crippen LogP contribution is -2.49. The number of benzene rings is 1. The standard InChI is InChI=1S/C22H32N4O2/c1-17(2)26-16-19(20(23-26)18-9-7-6-8-10-18)15-24-11-13-25(14-12-24)21(27)28-22(3,4)5/h6-10,16-17H,11-15H2,1-5H3. The highest BCUT2D eigenvalue weighted by atomic mass is 16.6. The molecule has 0 bridgehead atoms. The van der Waals surface area contributed by atoms with Crippen LogP contribution in [0.1, 0.15) is 46.2 Å². The predicted octanol–water partition coefficient (Wildman–Crippen LogP) is 4.18. The van der Waals surface area contributed by atoms with Gasteiger partial charge in [0.05, 0.1) is 5.69 Å². The Morgan fingerprint density at radius 2 is 1.75 bits per heavy atom. The maximum absolute atomic E-state index is 12.3. The van der Waals surface area contributed by atoms with E-state index in [2.05, 4.69) is 37.1 Å². The molecule has 2 aromatic rings. The van der Waals surface area contributed by atoms with Gasteiger partial charge in [-0.25, -0.2) is 4.79 Å². The van der Waals surface area contributed by atoms with Crippen molar-refractivity contribution in [3.05, 3.63) is 42.1 Å². The molecule has 3 rings (SSSR count). The number of nitrogens with zero attached hydrogens (tertiary/aromatic N) is 4. The molecule has 0 saturated carbocycles. The summed E-state index contributed by atoms with van der Waals surface area (Å²) < 4.78 is 7.53. The van der Waals surface area contributed by atoms with Crippen LogP contribution in [0.15, 0.2) is 36.5 Å². The molecular weight excluding hydrogens is 352 g/mol. The van der Waals surface area contributed by atoms with Gasteiger partial charge in [0, 0.05) is 56.1 Å². The average Bonchev–Trinajstić information content (AvgIpc) is 3.06. The largest absolute Gasteiger partial charge is 0.444 e. The minimum absolute atomic E-state index is 0.218. The lowest BCUT2D eigenvalue weighted by molar-refractivity contribution is 0.0139. The van der Waals surface area contributed by atoms with Crippen molar-refractivity contribution >= 4 is 6.09 Å². The van der Waals surface area contributed by atoms with Gasteiger partial charge >= 0.3 is 6.09 Å². The van der Waals surface area contributed by atoms with E-state index >= 15 is 0 Å². The first kappa shape index (κ1) is 20.4. The molecule has 1 amide bonds. The summed E-state index contributed by atoms with van der Waals surface area (Å²) in [5.74, 6) is 0. The van der Waals surface area contributed by atoms with E-state index in [1.54, 1.807) is 4.90 Å². The number of aromatic nitrogens is 2. The maximum atomic E-state index is 12.3. The Morgan fingerprint density at radius 3 is 2.32 bits per heavy atom. The van der Waals surface area contributed by atoms with Gasteiger partial charge in [-0.3, -0.25) is 9.58 Å². The zero-order valence-corrected chi connectivity index (χ0v) is 17.7. The van der Waals surface area contributed by atoms with Crippen LogP contribution >= 0.6 is 0 Å². The smallest absolute Gasteiger partial charge is 0.410 e. The van der Waals surface area contributed by atoms with Gasteiger partial charge in [0.25, 0.3) is 0 Å². The molecule has 1 saturated heterocycles. The first-order valence-electron chi connectivity index (χ1n) is 10.1. The van der Waals surface area contributed by atoms with Crippen LogP contribution in [0, 0.1) is 0 Å². The second-order valence-corrected chi connectivity index (χ2v) is 8.69. The van der Waals surface area contributed by atoms with Crippen molar-refractivity contribution in [3.63, 3.8) is 0 Å². The second kappa shape index (κ2) is 8.35. The Morgan fingerprint density at radius 1 is 1.11 bits per heavy atom. The Balaban J connectivity index is 1.67. The maximum Gasteiger partial charge on any atom is 0.410 e. The van der Waals surface area contributed by atoms with E-state index < -0.39 is 5.60 Å². The molecule has 1 aromatic carbocycles. The first-order valence-corrected chi connectivity index (χ1v) is 10.1. The van der Waals surface area contributed by atoms with Crippen molar-refractivity contribution in [3.8, 4) is 11.3 Å². The predicted molar refractivity (Wildman–Crippen MR) is 111 cm³/mol. The summed E-state index contributed by atoms with van der Waals surface area (Å²) in [6.07, 6.45) is 1.94. The Bertz CT molecular complexity index is 785. The molecule has 1 aliphatic heterocycles. The zero-order valence-electron chi connectivity index (χ0n) is 17.7. The van der Waals surface area contributed by atoms with Gasteiger partial charge in [-0.05, 0) is 34.6 Å². The summed E-state index contributed by atoms with van der Waals surface area (Å²) in [4.78, 5) is 16.5. The number of rotatable bonds is 4. The molecule has 0 N–H and O–H groups in total. The molecule has 2 heterocycles. The van der Waals surface area contributed by atoms with Gasteiger partial charge in [0.15, 0.2) is 0 Å². The Labute approximate surface area is 168 Å². The van der Waals surface area contributed by atoms with E-state index in [0.29, 0.717) is 19.1 Å². The molecule has 152 valence electrons. The topological polar surface area (TPSA) is 50.6 Å². The Hall–Kier alpha value is -2.34. The number of amides is 1. The number of piperazine rings is 1. The highest BCUT2D eigenvalue weighted by molar-refractivity contribution is 5.68. The lowest BCUT2D eigenvalue weighted by atomic mass is 10.1. The van der Waals surface area contributed by atoms with Crippen LogP contribution in [-0.4, -0.2) is 57.5 Å². The summed E-state index contributed by atoms with van der Waals surface area (Å²) >= 11 is 0. The minimum atomic E-state index is -0.454. The summed E-state index contributed by atoms with van der Waals surface area (Å²) in [6.45, 7) is 13.9. The van der Waals surface area contributed by atoms with Crippen LogP contribution in [0.4, 0.5) is 4.79 Å². The fraction of sp³-hybridized carbons (Fsp3) is 0.545. The van der Waals surface area contributed by atoms with Crippen molar-refractivity contribution in [2.24, 2.45) is 0 Å². The summed E-state index contributed by atoms with van der Waals surface area (Å²) in [5.41, 5.74) is 2.96. The molecule has 0 radical (unpaired) electrons. The molecule has 1 aromatic heterocycles. The van der Waals surface area contributed by atoms with Crippen molar-refractivity contribution in [1.29, 1.82) is 0 Å². The molecule has 6 heteroatoms. The molecule has 28 heavy (non-hydrogen) atoms. The summed E-state index contributed by atoms with van der Waals surface area (Å²) in [5, 5.41) is 4.83. The van der Waals surface area contributed by atoms with Crippen molar-refractivity contribution in [2.45, 2.75) is 52.8 Å². The number of hydrogen-bond donors (Lipinski definition) is 0. The molecule has 6 nitrogen and oxygen atoms in total. The van der Waals surface area contributed by atoms with Gasteiger partial charge in [-0.15, -0.1) is 0 Å². The monoisotopic (exact) mass is 384 g/mol. The van der Waals surface area contributed by atoms with E-state index in [9.17, 15) is 4.79 Å². The molecule has 0 aliphatic carbocycles. The molecule has 0 atom stereocenters. The number of hydrogen-bond acceptors (Lipinski definition) is 4. The SMILES string of the molecule is CC(C)n1cc(CN2CCN(C(=O)OC(C)(C)C)CC2)c(-c2ccccc2)n1. The third-order valence-corrected chi connectivity index (χ3v) is 4.80. The molecule has 1 aliphatic rings. The highest BCUT2D eigenvalue weighted by Gasteiger charge is 2.26. The van der Waals surface area contributed by atoms with Gasteiger partial charge < -0.3 is 9.64 Å². The molecule has 0 unspecified atom stereocenters. The van der Waals surface area contributed by atoms with E-state index in [4.69, 9.17) is 9.84 Å². The fourth-order valence-electron chi connectivity index (χ4n) is 3.30. The second-order valence-electron chi connectivity index (χ2n) is 8.69. The first-order chi connectivity index (χ1) is 13.2. The van der Waals surface area contributed by atoms with E-state index in [0.717, 1.165) is 30.9 Å². The normalized spacial score (nSPS) is 15.9. The van der Waals surface area contributed by atoms with Gasteiger partial charge in [0.1, 0.15) is 5.60 Å². The fourth-order valence-corrected chi connectivity index (χ4v) is 3.30. The van der Waals surface area contributed by atoms with E-state index in [1.807, 2.05) is 43.7 Å². The molecule has 1 fully saturated rings. The van der Waals surface area contributed by atoms with Crippen molar-refractivity contribution in [2.75, 3.05) is 26.2 Å². The van der Waals surface area contributed by atoms with Gasteiger partial charge in [-0.1, -0.05) is 30.3 Å². The summed E-state index contributed by atoms with van der Waals surface area (Å²) in [6, 6.07) is 10.7. The summed E-state index contributed by atoms with van der Waals surface area (Å²) in [7, 11) is 0. The number of carbonyl (C=O) groups excluding carboxylic acids is 1. The average molecular weight is 385 g/mol. The van der Waals surface area contributed by atoms with Crippen LogP contribution in [-0.2, 0) is 11.3 Å². The van der Waals surface area contributed by atoms with E-state index in [-0.39, 0.29) is 6.09 Å². The Kier molecular flexibility index (Phi) is 6.08. The minimum Gasteiger partial charge on any atom is -0.444 e. The van der Waals surface area contributed by atoms with E-state index in [1.165, 1.54) is 5.56 Å². The van der Waals surface area contributed by atoms with Crippen LogP contribution in [0.5, 0.6) is 0 Å². The third kappa shape index (κ3) is 5.13. The lowest BCUT2D eigenvalue weighted by Gasteiger charge is -2.35. The van der Waals surface area contributed by atoms with Gasteiger partial charge in [-0.2, -0.15) is 5.10 Å². The third-order valence-electron chi connectivity index (χ3n) is 4.80. The number of ether oxygens (including phenoxy) is 1. The molecular formula is C22H32N4O2.